The van der Waals surface area contributed by atoms with Gasteiger partial charge in [-0.15, -0.1) is 0 Å². The van der Waals surface area contributed by atoms with Crippen molar-refractivity contribution < 1.29 is 8.42 Å². The number of rotatable bonds is 4. The van der Waals surface area contributed by atoms with E-state index in [9.17, 15) is 8.42 Å². The molecule has 0 fully saturated rings. The molecule has 0 spiro atoms. The minimum Gasteiger partial charge on any atom is -0.329 e. The van der Waals surface area contributed by atoms with E-state index in [1.807, 2.05) is 30.3 Å². The van der Waals surface area contributed by atoms with E-state index >= 15 is 0 Å². The molecule has 0 bridgehead atoms. The molecule has 2 aromatic carbocycles. The largest absolute Gasteiger partial charge is 0.329 e. The van der Waals surface area contributed by atoms with Crippen LogP contribution in [0.4, 0.5) is 5.69 Å². The van der Waals surface area contributed by atoms with Gasteiger partial charge in [0.2, 0.25) is 10.0 Å². The molecule has 21 heavy (non-hydrogen) atoms. The van der Waals surface area contributed by atoms with Crippen molar-refractivity contribution in [3.63, 3.8) is 0 Å². The Morgan fingerprint density at radius 2 is 1.86 bits per heavy atom. The molecule has 2 aromatic rings. The first kappa shape index (κ1) is 14.1. The van der Waals surface area contributed by atoms with Crippen molar-refractivity contribution in [1.29, 1.82) is 0 Å². The quantitative estimate of drug-likeness (QED) is 0.777. The molecule has 4 nitrogen and oxygen atoms in total. The monoisotopic (exact) mass is 302 g/mol. The number of nitrogens with one attached hydrogen (secondary N) is 1. The third-order valence-electron chi connectivity index (χ3n) is 3.92. The van der Waals surface area contributed by atoms with Gasteiger partial charge in [-0.3, -0.25) is 4.72 Å². The average molecular weight is 302 g/mol. The van der Waals surface area contributed by atoms with Gasteiger partial charge < -0.3 is 5.73 Å². The summed E-state index contributed by atoms with van der Waals surface area (Å²) in [4.78, 5) is 0. The minimum atomic E-state index is -3.42. The number of anilines is 1. The summed E-state index contributed by atoms with van der Waals surface area (Å²) in [7, 11) is -3.42. The van der Waals surface area contributed by atoms with Crippen LogP contribution in [0, 0.1) is 0 Å². The Kier molecular flexibility index (Phi) is 3.47. The highest BCUT2D eigenvalue weighted by Crippen LogP contribution is 2.37. The van der Waals surface area contributed by atoms with Crippen molar-refractivity contribution in [2.45, 2.75) is 18.6 Å². The first-order valence-corrected chi connectivity index (χ1v) is 8.49. The molecule has 110 valence electrons. The molecule has 0 aromatic heterocycles. The van der Waals surface area contributed by atoms with Crippen LogP contribution < -0.4 is 10.5 Å². The molecule has 0 saturated heterocycles. The first-order valence-electron chi connectivity index (χ1n) is 6.94. The molecular formula is C16H18N2O2S. The van der Waals surface area contributed by atoms with Crippen LogP contribution in [-0.4, -0.2) is 20.2 Å². The fourth-order valence-corrected chi connectivity index (χ4v) is 3.51. The smallest absolute Gasteiger partial charge is 0.236 e. The summed E-state index contributed by atoms with van der Waals surface area (Å²) in [5.74, 6) is 0. The molecular weight excluding hydrogens is 284 g/mol. The molecule has 1 aliphatic rings. The minimum absolute atomic E-state index is 0.103. The summed E-state index contributed by atoms with van der Waals surface area (Å²) in [6.07, 6.45) is 0.841. The topological polar surface area (TPSA) is 72.2 Å². The first-order chi connectivity index (χ1) is 10.0. The van der Waals surface area contributed by atoms with Crippen LogP contribution in [0.25, 0.3) is 11.1 Å². The van der Waals surface area contributed by atoms with Crippen LogP contribution in [0.15, 0.2) is 42.5 Å². The zero-order valence-corrected chi connectivity index (χ0v) is 12.7. The summed E-state index contributed by atoms with van der Waals surface area (Å²) in [6.45, 7) is 1.71. The Bertz CT molecular complexity index is 785. The van der Waals surface area contributed by atoms with Crippen molar-refractivity contribution in [2.24, 2.45) is 5.73 Å². The Labute approximate surface area is 125 Å². The highest BCUT2D eigenvalue weighted by molar-refractivity contribution is 7.93. The number of nitrogens with two attached hydrogens (primary N) is 1. The lowest BCUT2D eigenvalue weighted by atomic mass is 10.1. The number of hydrogen-bond acceptors (Lipinski definition) is 3. The van der Waals surface area contributed by atoms with E-state index in [1.165, 1.54) is 16.7 Å². The van der Waals surface area contributed by atoms with Gasteiger partial charge in [-0.1, -0.05) is 30.3 Å². The maximum Gasteiger partial charge on any atom is 0.236 e. The zero-order valence-electron chi connectivity index (χ0n) is 11.8. The standard InChI is InChI=1S/C16H18N2O2S/c1-11(10-17)21(19,20)18-14-6-7-16-13(9-14)8-12-4-2-3-5-15(12)16/h2-7,9,11,18H,8,10,17H2,1H3. The Morgan fingerprint density at radius 1 is 1.14 bits per heavy atom. The summed E-state index contributed by atoms with van der Waals surface area (Å²) in [5, 5.41) is -0.608. The van der Waals surface area contributed by atoms with E-state index in [1.54, 1.807) is 6.92 Å². The second kappa shape index (κ2) is 5.16. The van der Waals surface area contributed by atoms with Crippen molar-refractivity contribution in [1.82, 2.24) is 0 Å². The lowest BCUT2D eigenvalue weighted by Gasteiger charge is -2.13. The van der Waals surface area contributed by atoms with Crippen LogP contribution >= 0.6 is 0 Å². The van der Waals surface area contributed by atoms with Gasteiger partial charge in [0.1, 0.15) is 0 Å². The maximum atomic E-state index is 12.1. The third kappa shape index (κ3) is 2.54. The van der Waals surface area contributed by atoms with E-state index in [0.29, 0.717) is 5.69 Å². The lowest BCUT2D eigenvalue weighted by Crippen LogP contribution is -2.31. The van der Waals surface area contributed by atoms with Crippen molar-refractivity contribution in [2.75, 3.05) is 11.3 Å². The second-order valence-corrected chi connectivity index (χ2v) is 7.50. The fourth-order valence-electron chi connectivity index (χ4n) is 2.60. The Morgan fingerprint density at radius 3 is 2.62 bits per heavy atom. The van der Waals surface area contributed by atoms with E-state index in [4.69, 9.17) is 5.73 Å². The summed E-state index contributed by atoms with van der Waals surface area (Å²) in [5.41, 5.74) is 10.9. The molecule has 0 saturated carbocycles. The normalized spacial score (nSPS) is 14.4. The Hall–Kier alpha value is -1.85. The number of hydrogen-bond donors (Lipinski definition) is 2. The number of benzene rings is 2. The van der Waals surface area contributed by atoms with E-state index in [-0.39, 0.29) is 6.54 Å². The molecule has 1 aliphatic carbocycles. The third-order valence-corrected chi connectivity index (χ3v) is 5.69. The predicted molar refractivity (Wildman–Crippen MR) is 85.7 cm³/mol. The maximum absolute atomic E-state index is 12.1. The van der Waals surface area contributed by atoms with Gasteiger partial charge in [0.15, 0.2) is 0 Å². The second-order valence-electron chi connectivity index (χ2n) is 5.40. The van der Waals surface area contributed by atoms with E-state index in [2.05, 4.69) is 16.9 Å². The van der Waals surface area contributed by atoms with E-state index in [0.717, 1.165) is 12.0 Å². The highest BCUT2D eigenvalue weighted by Gasteiger charge is 2.21. The SMILES string of the molecule is CC(CN)S(=O)(=O)Nc1ccc2c(c1)Cc1ccccc1-2. The fraction of sp³-hybridized carbons (Fsp3) is 0.250. The summed E-state index contributed by atoms with van der Waals surface area (Å²) < 4.78 is 26.7. The van der Waals surface area contributed by atoms with Gasteiger partial charge in [-0.2, -0.15) is 0 Å². The number of sulfonamides is 1. The number of fused-ring (bicyclic) bond motifs is 3. The molecule has 0 radical (unpaired) electrons. The molecule has 3 rings (SSSR count). The van der Waals surface area contributed by atoms with Gasteiger partial charge in [-0.25, -0.2) is 8.42 Å². The Balaban J connectivity index is 1.91. The van der Waals surface area contributed by atoms with Gasteiger partial charge >= 0.3 is 0 Å². The van der Waals surface area contributed by atoms with Crippen LogP contribution in [-0.2, 0) is 16.4 Å². The average Bonchev–Trinajstić information content (AvgIpc) is 2.83. The molecule has 5 heteroatoms. The molecule has 0 amide bonds. The summed E-state index contributed by atoms with van der Waals surface area (Å²) >= 11 is 0. The lowest BCUT2D eigenvalue weighted by molar-refractivity contribution is 0.589. The van der Waals surface area contributed by atoms with Crippen LogP contribution in [0.5, 0.6) is 0 Å². The molecule has 0 aliphatic heterocycles. The van der Waals surface area contributed by atoms with Crippen molar-refractivity contribution >= 4 is 15.7 Å². The molecule has 1 atom stereocenters. The van der Waals surface area contributed by atoms with Crippen LogP contribution in [0.1, 0.15) is 18.1 Å². The van der Waals surface area contributed by atoms with Crippen molar-refractivity contribution in [3.05, 3.63) is 53.6 Å². The van der Waals surface area contributed by atoms with Gasteiger partial charge in [0.05, 0.1) is 5.25 Å². The van der Waals surface area contributed by atoms with Crippen molar-refractivity contribution in [3.8, 4) is 11.1 Å². The molecule has 3 N–H and O–H groups in total. The predicted octanol–water partition coefficient (Wildman–Crippen LogP) is 2.35. The van der Waals surface area contributed by atoms with Crippen LogP contribution in [0.2, 0.25) is 0 Å². The van der Waals surface area contributed by atoms with Gasteiger partial charge in [0.25, 0.3) is 0 Å². The van der Waals surface area contributed by atoms with Crippen LogP contribution in [0.3, 0.4) is 0 Å². The van der Waals surface area contributed by atoms with Gasteiger partial charge in [-0.05, 0) is 47.7 Å². The highest BCUT2D eigenvalue weighted by atomic mass is 32.2. The molecule has 1 unspecified atom stereocenters. The summed E-state index contributed by atoms with van der Waals surface area (Å²) in [6, 6.07) is 14.0. The zero-order chi connectivity index (χ0) is 15.0. The van der Waals surface area contributed by atoms with Gasteiger partial charge in [0, 0.05) is 12.2 Å². The molecule has 0 heterocycles. The van der Waals surface area contributed by atoms with E-state index < -0.39 is 15.3 Å².